The largest absolute Gasteiger partial charge is 0.491 e. The van der Waals surface area contributed by atoms with Gasteiger partial charge in [-0.2, -0.15) is 0 Å². The molecule has 0 radical (unpaired) electrons. The van der Waals surface area contributed by atoms with Gasteiger partial charge >= 0.3 is 0 Å². The van der Waals surface area contributed by atoms with E-state index in [4.69, 9.17) is 17.0 Å². The predicted molar refractivity (Wildman–Crippen MR) is 114 cm³/mol. The van der Waals surface area contributed by atoms with Crippen LogP contribution in [0.4, 0.5) is 0 Å². The maximum absolute atomic E-state index is 12.3. The Hall–Kier alpha value is -2.40. The number of hydrogen-bond acceptors (Lipinski definition) is 3. The Kier molecular flexibility index (Phi) is 6.97. The Morgan fingerprint density at radius 1 is 1.04 bits per heavy atom. The van der Waals surface area contributed by atoms with Crippen LogP contribution in [0.1, 0.15) is 56.1 Å². The summed E-state index contributed by atoms with van der Waals surface area (Å²) in [5.74, 6) is 0.622. The van der Waals surface area contributed by atoms with Crippen LogP contribution in [-0.4, -0.2) is 17.1 Å². The van der Waals surface area contributed by atoms with E-state index in [0.29, 0.717) is 17.2 Å². The minimum atomic E-state index is -0.214. The quantitative estimate of drug-likeness (QED) is 0.741. The van der Waals surface area contributed by atoms with Gasteiger partial charge in [0.1, 0.15) is 5.75 Å². The molecule has 2 aromatic rings. The van der Waals surface area contributed by atoms with Crippen LogP contribution < -0.4 is 15.4 Å². The molecule has 0 atom stereocenters. The Morgan fingerprint density at radius 2 is 1.63 bits per heavy atom. The van der Waals surface area contributed by atoms with Crippen LogP contribution in [0.2, 0.25) is 0 Å². The van der Waals surface area contributed by atoms with E-state index < -0.39 is 0 Å². The lowest BCUT2D eigenvalue weighted by Crippen LogP contribution is -2.38. The van der Waals surface area contributed by atoms with Gasteiger partial charge in [0.15, 0.2) is 5.11 Å². The van der Waals surface area contributed by atoms with E-state index in [1.54, 1.807) is 0 Å². The molecule has 0 aliphatic carbocycles. The summed E-state index contributed by atoms with van der Waals surface area (Å²) < 4.78 is 5.62. The number of ether oxygens (including phenoxy) is 1. The molecule has 0 heterocycles. The van der Waals surface area contributed by atoms with E-state index in [0.717, 1.165) is 11.3 Å². The summed E-state index contributed by atoms with van der Waals surface area (Å²) in [6.45, 7) is 10.9. The fraction of sp³-hybridized carbons (Fsp3) is 0.364. The summed E-state index contributed by atoms with van der Waals surface area (Å²) in [5, 5.41) is 6.08. The van der Waals surface area contributed by atoms with Crippen molar-refractivity contribution < 1.29 is 9.53 Å². The Labute approximate surface area is 167 Å². The normalized spacial score (nSPS) is 11.2. The molecule has 144 valence electrons. The van der Waals surface area contributed by atoms with Gasteiger partial charge in [0.2, 0.25) is 0 Å². The number of thiocarbonyl (C=S) groups is 1. The Bertz CT molecular complexity index is 775. The highest BCUT2D eigenvalue weighted by atomic mass is 32.1. The van der Waals surface area contributed by atoms with Crippen LogP contribution in [0, 0.1) is 0 Å². The molecule has 0 unspecified atom stereocenters. The van der Waals surface area contributed by atoms with Gasteiger partial charge in [-0.1, -0.05) is 45.0 Å². The summed E-state index contributed by atoms with van der Waals surface area (Å²) in [7, 11) is 0. The third-order valence-electron chi connectivity index (χ3n) is 3.99. The SMILES string of the molecule is CC(C)Oc1ccc(CNC(=S)NC(=O)c2ccc(C(C)(C)C)cc2)cc1. The second kappa shape index (κ2) is 9.00. The number of amides is 1. The van der Waals surface area contributed by atoms with E-state index in [-0.39, 0.29) is 17.4 Å². The van der Waals surface area contributed by atoms with Gasteiger partial charge < -0.3 is 10.1 Å². The van der Waals surface area contributed by atoms with Crippen molar-refractivity contribution >= 4 is 23.2 Å². The first kappa shape index (κ1) is 20.9. The zero-order chi connectivity index (χ0) is 20.0. The molecular weight excluding hydrogens is 356 g/mol. The third-order valence-corrected chi connectivity index (χ3v) is 4.23. The van der Waals surface area contributed by atoms with Gasteiger partial charge in [-0.15, -0.1) is 0 Å². The van der Waals surface area contributed by atoms with Crippen molar-refractivity contribution in [2.75, 3.05) is 0 Å². The Balaban J connectivity index is 1.85. The molecule has 0 saturated carbocycles. The van der Waals surface area contributed by atoms with Crippen molar-refractivity contribution in [1.82, 2.24) is 10.6 Å². The topological polar surface area (TPSA) is 50.4 Å². The zero-order valence-corrected chi connectivity index (χ0v) is 17.4. The van der Waals surface area contributed by atoms with Crippen molar-refractivity contribution in [3.8, 4) is 5.75 Å². The van der Waals surface area contributed by atoms with Crippen molar-refractivity contribution in [3.63, 3.8) is 0 Å². The number of carbonyl (C=O) groups excluding carboxylic acids is 1. The molecule has 2 rings (SSSR count). The fourth-order valence-electron chi connectivity index (χ4n) is 2.48. The fourth-order valence-corrected chi connectivity index (χ4v) is 2.65. The van der Waals surface area contributed by atoms with E-state index in [2.05, 4.69) is 31.4 Å². The first-order chi connectivity index (χ1) is 12.6. The molecule has 2 N–H and O–H groups in total. The smallest absolute Gasteiger partial charge is 0.257 e. The second-order valence-electron chi connectivity index (χ2n) is 7.77. The highest BCUT2D eigenvalue weighted by molar-refractivity contribution is 7.80. The molecule has 0 saturated heterocycles. The van der Waals surface area contributed by atoms with Gasteiger partial charge in [-0.3, -0.25) is 10.1 Å². The first-order valence-electron chi connectivity index (χ1n) is 9.10. The highest BCUT2D eigenvalue weighted by Crippen LogP contribution is 2.22. The van der Waals surface area contributed by atoms with Gasteiger partial charge in [-0.25, -0.2) is 0 Å². The molecule has 1 amide bonds. The molecule has 0 fully saturated rings. The minimum Gasteiger partial charge on any atom is -0.491 e. The monoisotopic (exact) mass is 384 g/mol. The van der Waals surface area contributed by atoms with E-state index in [1.807, 2.05) is 62.4 Å². The van der Waals surface area contributed by atoms with Crippen molar-refractivity contribution in [3.05, 3.63) is 65.2 Å². The molecule has 4 nitrogen and oxygen atoms in total. The molecule has 0 spiro atoms. The minimum absolute atomic E-state index is 0.0572. The van der Waals surface area contributed by atoms with Gasteiger partial charge in [-0.05, 0) is 66.9 Å². The average molecular weight is 385 g/mol. The average Bonchev–Trinajstić information content (AvgIpc) is 2.60. The standard InChI is InChI=1S/C22H28N2O2S/c1-15(2)26-19-12-6-16(7-13-19)14-23-21(27)24-20(25)17-8-10-18(11-9-17)22(3,4)5/h6-13,15H,14H2,1-5H3,(H2,23,24,25,27). The molecule has 0 bridgehead atoms. The van der Waals surface area contributed by atoms with Crippen LogP contribution in [0.3, 0.4) is 0 Å². The molecule has 5 heteroatoms. The van der Waals surface area contributed by atoms with Gasteiger partial charge in [0.05, 0.1) is 6.10 Å². The predicted octanol–water partition coefficient (Wildman–Crippen LogP) is 4.58. The molecule has 2 aromatic carbocycles. The maximum Gasteiger partial charge on any atom is 0.257 e. The summed E-state index contributed by atoms with van der Waals surface area (Å²) in [5.41, 5.74) is 2.88. The number of carbonyl (C=O) groups is 1. The highest BCUT2D eigenvalue weighted by Gasteiger charge is 2.14. The van der Waals surface area contributed by atoms with Crippen LogP contribution in [0.5, 0.6) is 5.75 Å². The summed E-state index contributed by atoms with van der Waals surface area (Å²) in [6, 6.07) is 15.4. The lowest BCUT2D eigenvalue weighted by molar-refractivity contribution is 0.0976. The first-order valence-corrected chi connectivity index (χ1v) is 9.51. The van der Waals surface area contributed by atoms with E-state index >= 15 is 0 Å². The number of rotatable bonds is 5. The third kappa shape index (κ3) is 6.68. The Morgan fingerprint density at radius 3 is 2.15 bits per heavy atom. The lowest BCUT2D eigenvalue weighted by atomic mass is 9.87. The summed E-state index contributed by atoms with van der Waals surface area (Å²) in [6.07, 6.45) is 0.147. The van der Waals surface area contributed by atoms with Gasteiger partial charge in [0, 0.05) is 12.1 Å². The van der Waals surface area contributed by atoms with Crippen LogP contribution in [-0.2, 0) is 12.0 Å². The zero-order valence-electron chi connectivity index (χ0n) is 16.6. The maximum atomic E-state index is 12.3. The van der Waals surface area contributed by atoms with Crippen molar-refractivity contribution in [2.45, 2.75) is 52.7 Å². The molecule has 0 aromatic heterocycles. The molecular formula is C22H28N2O2S. The lowest BCUT2D eigenvalue weighted by Gasteiger charge is -2.19. The van der Waals surface area contributed by atoms with E-state index in [9.17, 15) is 4.79 Å². The number of nitrogens with one attached hydrogen (secondary N) is 2. The van der Waals surface area contributed by atoms with Crippen molar-refractivity contribution in [2.24, 2.45) is 0 Å². The van der Waals surface area contributed by atoms with E-state index in [1.165, 1.54) is 5.56 Å². The van der Waals surface area contributed by atoms with Crippen LogP contribution in [0.25, 0.3) is 0 Å². The second-order valence-corrected chi connectivity index (χ2v) is 8.18. The number of benzene rings is 2. The van der Waals surface area contributed by atoms with Crippen LogP contribution >= 0.6 is 12.2 Å². The van der Waals surface area contributed by atoms with Crippen LogP contribution in [0.15, 0.2) is 48.5 Å². The van der Waals surface area contributed by atoms with Gasteiger partial charge in [0.25, 0.3) is 5.91 Å². The summed E-state index contributed by atoms with van der Waals surface area (Å²) >= 11 is 5.23. The summed E-state index contributed by atoms with van der Waals surface area (Å²) in [4.78, 5) is 12.3. The van der Waals surface area contributed by atoms with Crippen molar-refractivity contribution in [1.29, 1.82) is 0 Å². The molecule has 0 aliphatic heterocycles. The molecule has 27 heavy (non-hydrogen) atoms. The number of hydrogen-bond donors (Lipinski definition) is 2. The molecule has 0 aliphatic rings.